The van der Waals surface area contributed by atoms with Crippen molar-refractivity contribution >= 4 is 15.9 Å². The van der Waals surface area contributed by atoms with Gasteiger partial charge in [0.25, 0.3) is 0 Å². The average Bonchev–Trinajstić information content (AvgIpc) is 2.42. The summed E-state index contributed by atoms with van der Waals surface area (Å²) < 4.78 is 27.8. The van der Waals surface area contributed by atoms with Gasteiger partial charge in [-0.1, -0.05) is 6.92 Å². The van der Waals surface area contributed by atoms with Gasteiger partial charge >= 0.3 is 0 Å². The van der Waals surface area contributed by atoms with Crippen LogP contribution in [0.1, 0.15) is 25.3 Å². The molecule has 0 saturated carbocycles. The number of likely N-dealkylation sites (tertiary alicyclic amines) is 1. The molecule has 1 aliphatic rings. The van der Waals surface area contributed by atoms with E-state index in [1.54, 1.807) is 0 Å². The highest BCUT2D eigenvalue weighted by atomic mass is 79.9. The molecule has 0 spiro atoms. The standard InChI is InChI=1S/C15H21BrF2N2/c1-15(5-7-20(2)8-6-15)10-19-9-11-13(17)4-3-12(16)14(11)18/h3-4,19H,5-10H2,1-2H3. The zero-order chi connectivity index (χ0) is 14.8. The Labute approximate surface area is 127 Å². The number of piperidine rings is 1. The molecule has 1 fully saturated rings. The number of hydrogen-bond acceptors (Lipinski definition) is 2. The molecule has 1 N–H and O–H groups in total. The van der Waals surface area contributed by atoms with Crippen molar-refractivity contribution in [2.45, 2.75) is 26.3 Å². The number of rotatable bonds is 4. The first-order valence-electron chi connectivity index (χ1n) is 6.93. The van der Waals surface area contributed by atoms with Crippen LogP contribution in [0.15, 0.2) is 16.6 Å². The van der Waals surface area contributed by atoms with Crippen LogP contribution in [0.4, 0.5) is 8.78 Å². The van der Waals surface area contributed by atoms with E-state index in [1.165, 1.54) is 12.1 Å². The van der Waals surface area contributed by atoms with Crippen LogP contribution in [-0.4, -0.2) is 31.6 Å². The monoisotopic (exact) mass is 346 g/mol. The van der Waals surface area contributed by atoms with Crippen molar-refractivity contribution in [2.24, 2.45) is 5.41 Å². The average molecular weight is 347 g/mol. The second-order valence-corrected chi connectivity index (χ2v) is 6.89. The molecular formula is C15H21BrF2N2. The normalized spacial score (nSPS) is 19.2. The van der Waals surface area contributed by atoms with Gasteiger partial charge in [-0.15, -0.1) is 0 Å². The van der Waals surface area contributed by atoms with Crippen molar-refractivity contribution in [3.63, 3.8) is 0 Å². The van der Waals surface area contributed by atoms with Gasteiger partial charge in [-0.05, 0) is 66.5 Å². The molecule has 1 aromatic rings. The van der Waals surface area contributed by atoms with Crippen molar-refractivity contribution in [1.29, 1.82) is 0 Å². The Kier molecular flexibility index (Phi) is 5.15. The molecule has 2 rings (SSSR count). The van der Waals surface area contributed by atoms with E-state index in [-0.39, 0.29) is 17.5 Å². The highest BCUT2D eigenvalue weighted by Gasteiger charge is 2.28. The minimum absolute atomic E-state index is 0.107. The number of hydrogen-bond donors (Lipinski definition) is 1. The number of nitrogens with one attached hydrogen (secondary N) is 1. The first kappa shape index (κ1) is 15.9. The highest BCUT2D eigenvalue weighted by molar-refractivity contribution is 9.10. The fourth-order valence-electron chi connectivity index (χ4n) is 2.56. The molecule has 0 amide bonds. The second kappa shape index (κ2) is 6.50. The molecule has 20 heavy (non-hydrogen) atoms. The van der Waals surface area contributed by atoms with Crippen molar-refractivity contribution in [2.75, 3.05) is 26.7 Å². The summed E-state index contributed by atoms with van der Waals surface area (Å²) >= 11 is 3.09. The van der Waals surface area contributed by atoms with Crippen LogP contribution in [0, 0.1) is 17.0 Å². The van der Waals surface area contributed by atoms with E-state index in [2.05, 4.69) is 40.1 Å². The summed E-state index contributed by atoms with van der Waals surface area (Å²) in [6.07, 6.45) is 2.22. The lowest BCUT2D eigenvalue weighted by atomic mass is 9.80. The minimum atomic E-state index is -0.508. The minimum Gasteiger partial charge on any atom is -0.312 e. The van der Waals surface area contributed by atoms with Crippen LogP contribution in [-0.2, 0) is 6.54 Å². The lowest BCUT2D eigenvalue weighted by Crippen LogP contribution is -2.42. The molecule has 2 nitrogen and oxygen atoms in total. The lowest BCUT2D eigenvalue weighted by Gasteiger charge is -2.38. The van der Waals surface area contributed by atoms with Crippen LogP contribution >= 0.6 is 15.9 Å². The van der Waals surface area contributed by atoms with Crippen LogP contribution in [0.5, 0.6) is 0 Å². The zero-order valence-corrected chi connectivity index (χ0v) is 13.6. The maximum Gasteiger partial charge on any atom is 0.144 e. The van der Waals surface area contributed by atoms with Crippen molar-refractivity contribution in [3.8, 4) is 0 Å². The van der Waals surface area contributed by atoms with E-state index in [0.717, 1.165) is 32.5 Å². The van der Waals surface area contributed by atoms with Crippen LogP contribution in [0.2, 0.25) is 0 Å². The van der Waals surface area contributed by atoms with Gasteiger partial charge in [0.2, 0.25) is 0 Å². The molecule has 112 valence electrons. The van der Waals surface area contributed by atoms with E-state index in [9.17, 15) is 8.78 Å². The third-order valence-electron chi connectivity index (χ3n) is 4.19. The fourth-order valence-corrected chi connectivity index (χ4v) is 2.93. The molecule has 0 aliphatic carbocycles. The smallest absolute Gasteiger partial charge is 0.144 e. The lowest BCUT2D eigenvalue weighted by molar-refractivity contribution is 0.136. The van der Waals surface area contributed by atoms with E-state index in [4.69, 9.17) is 0 Å². The maximum atomic E-state index is 13.8. The van der Waals surface area contributed by atoms with Gasteiger partial charge in [0.05, 0.1) is 4.47 Å². The highest BCUT2D eigenvalue weighted by Crippen LogP contribution is 2.29. The Hall–Kier alpha value is -0.520. The molecular weight excluding hydrogens is 326 g/mol. The third kappa shape index (κ3) is 3.77. The van der Waals surface area contributed by atoms with Crippen molar-refractivity contribution < 1.29 is 8.78 Å². The topological polar surface area (TPSA) is 15.3 Å². The van der Waals surface area contributed by atoms with Crippen LogP contribution in [0.3, 0.4) is 0 Å². The molecule has 0 radical (unpaired) electrons. The number of halogens is 3. The van der Waals surface area contributed by atoms with Gasteiger partial charge in [-0.3, -0.25) is 0 Å². The van der Waals surface area contributed by atoms with Crippen LogP contribution < -0.4 is 5.32 Å². The van der Waals surface area contributed by atoms with Gasteiger partial charge in [0.1, 0.15) is 11.6 Å². The van der Waals surface area contributed by atoms with Crippen LogP contribution in [0.25, 0.3) is 0 Å². The fraction of sp³-hybridized carbons (Fsp3) is 0.600. The summed E-state index contributed by atoms with van der Waals surface area (Å²) in [6, 6.07) is 2.69. The summed E-state index contributed by atoms with van der Waals surface area (Å²) in [5.74, 6) is -1.00. The predicted octanol–water partition coefficient (Wildman–Crippen LogP) is 3.55. The molecule has 1 heterocycles. The Morgan fingerprint density at radius 3 is 2.60 bits per heavy atom. The summed E-state index contributed by atoms with van der Waals surface area (Å²) in [5.41, 5.74) is 0.321. The second-order valence-electron chi connectivity index (χ2n) is 6.04. The van der Waals surface area contributed by atoms with E-state index in [1.807, 2.05) is 0 Å². The molecule has 0 bridgehead atoms. The Bertz CT molecular complexity index is 471. The number of benzene rings is 1. The van der Waals surface area contributed by atoms with E-state index in [0.29, 0.717) is 4.47 Å². The quantitative estimate of drug-likeness (QED) is 0.838. The van der Waals surface area contributed by atoms with E-state index >= 15 is 0 Å². The van der Waals surface area contributed by atoms with Gasteiger partial charge in [-0.2, -0.15) is 0 Å². The van der Waals surface area contributed by atoms with E-state index < -0.39 is 11.6 Å². The molecule has 0 atom stereocenters. The summed E-state index contributed by atoms with van der Waals surface area (Å²) in [7, 11) is 2.12. The van der Waals surface area contributed by atoms with Gasteiger partial charge in [0, 0.05) is 18.7 Å². The zero-order valence-electron chi connectivity index (χ0n) is 12.0. The first-order valence-corrected chi connectivity index (χ1v) is 7.72. The van der Waals surface area contributed by atoms with Gasteiger partial charge < -0.3 is 10.2 Å². The Morgan fingerprint density at radius 1 is 1.30 bits per heavy atom. The number of nitrogens with zero attached hydrogens (tertiary/aromatic N) is 1. The molecule has 0 unspecified atom stereocenters. The van der Waals surface area contributed by atoms with Gasteiger partial charge in [-0.25, -0.2) is 8.78 Å². The summed E-state index contributed by atoms with van der Waals surface area (Å²) in [6.45, 7) is 5.41. The maximum absolute atomic E-state index is 13.8. The summed E-state index contributed by atoms with van der Waals surface area (Å²) in [5, 5.41) is 3.22. The van der Waals surface area contributed by atoms with Crippen molar-refractivity contribution in [3.05, 3.63) is 33.8 Å². The summed E-state index contributed by atoms with van der Waals surface area (Å²) in [4.78, 5) is 2.31. The SMILES string of the molecule is CN1CCC(C)(CNCc2c(F)ccc(Br)c2F)CC1. The Balaban J connectivity index is 1.92. The molecule has 0 aromatic heterocycles. The van der Waals surface area contributed by atoms with Gasteiger partial charge in [0.15, 0.2) is 0 Å². The first-order chi connectivity index (χ1) is 9.41. The molecule has 5 heteroatoms. The molecule has 1 saturated heterocycles. The predicted molar refractivity (Wildman–Crippen MR) is 80.6 cm³/mol. The Morgan fingerprint density at radius 2 is 1.95 bits per heavy atom. The molecule has 1 aliphatic heterocycles. The largest absolute Gasteiger partial charge is 0.312 e. The van der Waals surface area contributed by atoms with Crippen molar-refractivity contribution in [1.82, 2.24) is 10.2 Å². The molecule has 1 aromatic carbocycles. The third-order valence-corrected chi connectivity index (χ3v) is 4.80.